The van der Waals surface area contributed by atoms with Crippen molar-refractivity contribution in [3.63, 3.8) is 0 Å². The van der Waals surface area contributed by atoms with Gasteiger partial charge in [0.1, 0.15) is 5.82 Å². The average Bonchev–Trinajstić information content (AvgIpc) is 2.35. The quantitative estimate of drug-likeness (QED) is 0.846. The molecule has 0 unspecified atom stereocenters. The highest BCUT2D eigenvalue weighted by atomic mass is 19.2. The van der Waals surface area contributed by atoms with Gasteiger partial charge in [-0.1, -0.05) is 0 Å². The van der Waals surface area contributed by atoms with Crippen molar-refractivity contribution in [2.24, 2.45) is 0 Å². The van der Waals surface area contributed by atoms with E-state index in [2.05, 4.69) is 10.2 Å². The Hall–Kier alpha value is -1.11. The van der Waals surface area contributed by atoms with Gasteiger partial charge < -0.3 is 10.2 Å². The highest BCUT2D eigenvalue weighted by Crippen LogP contribution is 2.17. The number of benzene rings is 1. The number of nitrogens with zero attached hydrogens (tertiary/aromatic N) is 2. The predicted molar refractivity (Wildman–Crippen MR) is 71.9 cm³/mol. The van der Waals surface area contributed by atoms with Crippen LogP contribution in [0.5, 0.6) is 0 Å². The largest absolute Gasteiger partial charge is 0.310 e. The van der Waals surface area contributed by atoms with Crippen molar-refractivity contribution in [2.75, 3.05) is 40.3 Å². The van der Waals surface area contributed by atoms with Crippen LogP contribution < -0.4 is 5.32 Å². The minimum absolute atomic E-state index is 0.0769. The fourth-order valence-corrected chi connectivity index (χ4v) is 2.57. The first-order valence-electron chi connectivity index (χ1n) is 6.69. The molecule has 0 aromatic heterocycles. The van der Waals surface area contributed by atoms with Gasteiger partial charge in [-0.05, 0) is 20.2 Å². The maximum atomic E-state index is 13.7. The van der Waals surface area contributed by atoms with Crippen molar-refractivity contribution < 1.29 is 13.2 Å². The van der Waals surface area contributed by atoms with E-state index in [4.69, 9.17) is 0 Å². The summed E-state index contributed by atoms with van der Waals surface area (Å²) in [6.45, 7) is 3.36. The second kappa shape index (κ2) is 6.56. The van der Waals surface area contributed by atoms with E-state index in [1.807, 2.05) is 19.0 Å². The van der Waals surface area contributed by atoms with E-state index in [0.29, 0.717) is 6.07 Å². The molecule has 1 saturated heterocycles. The molecule has 0 amide bonds. The summed E-state index contributed by atoms with van der Waals surface area (Å²) in [7, 11) is 3.98. The third-order valence-electron chi connectivity index (χ3n) is 3.39. The lowest BCUT2D eigenvalue weighted by molar-refractivity contribution is 0.170. The Balaban J connectivity index is 2.02. The van der Waals surface area contributed by atoms with E-state index in [1.165, 1.54) is 0 Å². The lowest BCUT2D eigenvalue weighted by atomic mass is 10.1. The molecular formula is C14H20F3N3. The number of hydrogen-bond donors (Lipinski definition) is 1. The van der Waals surface area contributed by atoms with Crippen LogP contribution in [0.25, 0.3) is 0 Å². The van der Waals surface area contributed by atoms with Crippen molar-refractivity contribution >= 4 is 0 Å². The number of likely N-dealkylation sites (N-methyl/N-ethyl adjacent to an activating group) is 1. The van der Waals surface area contributed by atoms with E-state index in [9.17, 15) is 13.2 Å². The van der Waals surface area contributed by atoms with Crippen LogP contribution in [-0.4, -0.2) is 56.1 Å². The third kappa shape index (κ3) is 3.94. The Bertz CT molecular complexity index is 465. The average molecular weight is 287 g/mol. The van der Waals surface area contributed by atoms with Crippen molar-refractivity contribution in [3.05, 3.63) is 35.1 Å². The standard InChI is InChI=1S/C14H20F3N3/c1-19(2)8-12-9-20(4-3-18-12)7-10-5-11(15)6-13(16)14(10)17/h5-6,12,18H,3-4,7-9H2,1-2H3/t12-/m1/s1. The summed E-state index contributed by atoms with van der Waals surface area (Å²) < 4.78 is 40.0. The van der Waals surface area contributed by atoms with Gasteiger partial charge in [0.2, 0.25) is 0 Å². The monoisotopic (exact) mass is 287 g/mol. The van der Waals surface area contributed by atoms with Gasteiger partial charge in [-0.25, -0.2) is 13.2 Å². The molecule has 1 N–H and O–H groups in total. The first kappa shape index (κ1) is 15.3. The molecule has 20 heavy (non-hydrogen) atoms. The Morgan fingerprint density at radius 1 is 1.30 bits per heavy atom. The number of rotatable bonds is 4. The van der Waals surface area contributed by atoms with Gasteiger partial charge in [0, 0.05) is 50.4 Å². The van der Waals surface area contributed by atoms with Crippen LogP contribution in [0, 0.1) is 17.5 Å². The van der Waals surface area contributed by atoms with E-state index in [1.54, 1.807) is 0 Å². The molecule has 1 atom stereocenters. The van der Waals surface area contributed by atoms with E-state index >= 15 is 0 Å². The van der Waals surface area contributed by atoms with Crippen molar-refractivity contribution in [2.45, 2.75) is 12.6 Å². The third-order valence-corrected chi connectivity index (χ3v) is 3.39. The summed E-state index contributed by atoms with van der Waals surface area (Å²) in [6, 6.07) is 1.92. The van der Waals surface area contributed by atoms with Gasteiger partial charge in [-0.3, -0.25) is 4.90 Å². The van der Waals surface area contributed by atoms with Gasteiger partial charge in [0.15, 0.2) is 11.6 Å². The molecule has 6 heteroatoms. The van der Waals surface area contributed by atoms with Gasteiger partial charge in [0.25, 0.3) is 0 Å². The van der Waals surface area contributed by atoms with Crippen LogP contribution in [0.2, 0.25) is 0 Å². The van der Waals surface area contributed by atoms with Gasteiger partial charge in [-0.2, -0.15) is 0 Å². The second-order valence-corrected chi connectivity index (χ2v) is 5.51. The van der Waals surface area contributed by atoms with Crippen molar-refractivity contribution in [1.82, 2.24) is 15.1 Å². The van der Waals surface area contributed by atoms with E-state index < -0.39 is 17.5 Å². The van der Waals surface area contributed by atoms with E-state index in [0.717, 1.165) is 32.2 Å². The Labute approximate surface area is 117 Å². The lowest BCUT2D eigenvalue weighted by Gasteiger charge is -2.35. The number of halogens is 3. The van der Waals surface area contributed by atoms with Crippen LogP contribution in [0.15, 0.2) is 12.1 Å². The minimum atomic E-state index is -1.13. The van der Waals surface area contributed by atoms with Crippen LogP contribution >= 0.6 is 0 Å². The first-order valence-corrected chi connectivity index (χ1v) is 6.69. The first-order chi connectivity index (χ1) is 9.45. The molecule has 1 aliphatic rings. The van der Waals surface area contributed by atoms with Crippen LogP contribution in [0.1, 0.15) is 5.56 Å². The zero-order valence-electron chi connectivity index (χ0n) is 11.8. The summed E-state index contributed by atoms with van der Waals surface area (Å²) in [6.07, 6.45) is 0. The van der Waals surface area contributed by atoms with Crippen molar-refractivity contribution in [3.8, 4) is 0 Å². The summed E-state index contributed by atoms with van der Waals surface area (Å²) in [5, 5.41) is 3.38. The predicted octanol–water partition coefficient (Wildman–Crippen LogP) is 1.44. The summed E-state index contributed by atoms with van der Waals surface area (Å²) >= 11 is 0. The summed E-state index contributed by atoms with van der Waals surface area (Å²) in [4.78, 5) is 4.09. The molecular weight excluding hydrogens is 267 g/mol. The molecule has 0 bridgehead atoms. The molecule has 1 aliphatic heterocycles. The zero-order chi connectivity index (χ0) is 14.7. The highest BCUT2D eigenvalue weighted by Gasteiger charge is 2.21. The Morgan fingerprint density at radius 3 is 2.75 bits per heavy atom. The molecule has 1 fully saturated rings. The lowest BCUT2D eigenvalue weighted by Crippen LogP contribution is -2.53. The maximum absolute atomic E-state index is 13.7. The minimum Gasteiger partial charge on any atom is -0.310 e. The highest BCUT2D eigenvalue weighted by molar-refractivity contribution is 5.20. The molecule has 0 saturated carbocycles. The Kier molecular flexibility index (Phi) is 5.01. The number of piperazine rings is 1. The molecule has 0 aliphatic carbocycles. The number of nitrogens with one attached hydrogen (secondary N) is 1. The Morgan fingerprint density at radius 2 is 2.05 bits per heavy atom. The van der Waals surface area contributed by atoms with Gasteiger partial charge in [0.05, 0.1) is 0 Å². The summed E-state index contributed by atoms with van der Waals surface area (Å²) in [5.74, 6) is -2.81. The molecule has 1 aromatic carbocycles. The second-order valence-electron chi connectivity index (χ2n) is 5.51. The molecule has 0 spiro atoms. The molecule has 2 rings (SSSR count). The van der Waals surface area contributed by atoms with Crippen LogP contribution in [0.4, 0.5) is 13.2 Å². The normalized spacial score (nSPS) is 20.6. The van der Waals surface area contributed by atoms with Crippen LogP contribution in [0.3, 0.4) is 0 Å². The molecule has 0 radical (unpaired) electrons. The molecule has 1 aromatic rings. The topological polar surface area (TPSA) is 18.5 Å². The maximum Gasteiger partial charge on any atom is 0.163 e. The molecule has 112 valence electrons. The fraction of sp³-hybridized carbons (Fsp3) is 0.571. The van der Waals surface area contributed by atoms with Crippen LogP contribution in [-0.2, 0) is 6.54 Å². The van der Waals surface area contributed by atoms with Gasteiger partial charge >= 0.3 is 0 Å². The zero-order valence-corrected chi connectivity index (χ0v) is 11.8. The van der Waals surface area contributed by atoms with E-state index in [-0.39, 0.29) is 18.2 Å². The SMILES string of the molecule is CN(C)C[C@@H]1CN(Cc2cc(F)cc(F)c2F)CCN1. The smallest absolute Gasteiger partial charge is 0.163 e. The fourth-order valence-electron chi connectivity index (χ4n) is 2.57. The number of hydrogen-bond acceptors (Lipinski definition) is 3. The molecule has 3 nitrogen and oxygen atoms in total. The molecule has 1 heterocycles. The van der Waals surface area contributed by atoms with Gasteiger partial charge in [-0.15, -0.1) is 0 Å². The van der Waals surface area contributed by atoms with Crippen molar-refractivity contribution in [1.29, 1.82) is 0 Å². The summed E-state index contributed by atoms with van der Waals surface area (Å²) in [5.41, 5.74) is 0.0769.